The Hall–Kier alpha value is -3.98. The van der Waals surface area contributed by atoms with Gasteiger partial charge in [-0.3, -0.25) is 14.7 Å². The number of hydrogen-bond donors (Lipinski definition) is 2. The summed E-state index contributed by atoms with van der Waals surface area (Å²) in [6, 6.07) is 14.8. The van der Waals surface area contributed by atoms with Crippen molar-refractivity contribution >= 4 is 23.3 Å². The van der Waals surface area contributed by atoms with Crippen LogP contribution in [0.2, 0.25) is 5.02 Å². The quantitative estimate of drug-likeness (QED) is 0.549. The minimum absolute atomic E-state index is 0.00186. The molecule has 2 N–H and O–H groups in total. The van der Waals surface area contributed by atoms with Crippen LogP contribution < -0.4 is 5.32 Å². The van der Waals surface area contributed by atoms with Crippen LogP contribution in [0.5, 0.6) is 5.75 Å². The Balaban J connectivity index is 1.54. The maximum absolute atomic E-state index is 13.0. The minimum atomic E-state index is -0.619. The third kappa shape index (κ3) is 4.81. The molecule has 1 aliphatic rings. The number of nitrogens with one attached hydrogen (secondary N) is 1. The van der Waals surface area contributed by atoms with Crippen molar-refractivity contribution in [1.82, 2.24) is 14.9 Å². The lowest BCUT2D eigenvalue weighted by atomic mass is 9.76. The van der Waals surface area contributed by atoms with E-state index in [0.29, 0.717) is 38.0 Å². The molecule has 8 nitrogen and oxygen atoms in total. The van der Waals surface area contributed by atoms with Crippen molar-refractivity contribution in [2.45, 2.75) is 31.7 Å². The number of nitrogens with zero attached hydrogens (tertiary/aromatic N) is 5. The number of halogens is 1. The zero-order chi connectivity index (χ0) is 25.0. The maximum Gasteiger partial charge on any atom is 0.260 e. The molecule has 4 rings (SSSR count). The van der Waals surface area contributed by atoms with E-state index >= 15 is 0 Å². The fraction of sp³-hybridized carbons (Fsp3) is 0.269. The Morgan fingerprint density at radius 2 is 1.94 bits per heavy atom. The molecule has 0 atom stereocenters. The highest BCUT2D eigenvalue weighted by molar-refractivity contribution is 6.33. The molecule has 0 aliphatic carbocycles. The third-order valence-corrected chi connectivity index (χ3v) is 6.93. The normalized spacial score (nSPS) is 15.1. The van der Waals surface area contributed by atoms with Gasteiger partial charge in [-0.15, -0.1) is 0 Å². The largest absolute Gasteiger partial charge is 0.506 e. The van der Waals surface area contributed by atoms with Gasteiger partial charge in [0.2, 0.25) is 0 Å². The number of rotatable bonds is 5. The molecule has 35 heavy (non-hydrogen) atoms. The SMILES string of the molecule is Cc1c(CN2CCC(C#N)(c3ccccn3)CC2)cc(C(=O)Nc2ncccc2C#N)c(O)c1Cl. The topological polar surface area (TPSA) is 126 Å². The molecule has 0 unspecified atom stereocenters. The number of likely N-dealkylation sites (tertiary alicyclic amines) is 1. The number of carbonyl (C=O) groups is 1. The third-order valence-electron chi connectivity index (χ3n) is 6.47. The summed E-state index contributed by atoms with van der Waals surface area (Å²) in [4.78, 5) is 23.6. The van der Waals surface area contributed by atoms with Crippen molar-refractivity contribution in [3.8, 4) is 17.9 Å². The first-order valence-electron chi connectivity index (χ1n) is 11.1. The van der Waals surface area contributed by atoms with Crippen LogP contribution in [0.25, 0.3) is 0 Å². The summed E-state index contributed by atoms with van der Waals surface area (Å²) in [5, 5.41) is 32.4. The Morgan fingerprint density at radius 3 is 2.60 bits per heavy atom. The number of piperidine rings is 1. The molecular formula is C26H23ClN6O2. The Kier molecular flexibility index (Phi) is 6.97. The van der Waals surface area contributed by atoms with Crippen molar-refractivity contribution < 1.29 is 9.90 Å². The van der Waals surface area contributed by atoms with Crippen LogP contribution in [0.4, 0.5) is 5.82 Å². The van der Waals surface area contributed by atoms with Crippen LogP contribution in [0, 0.1) is 29.6 Å². The molecule has 0 saturated carbocycles. The van der Waals surface area contributed by atoms with Crippen LogP contribution in [-0.4, -0.2) is 39.0 Å². The van der Waals surface area contributed by atoms with Crippen molar-refractivity contribution in [2.24, 2.45) is 0 Å². The molecule has 1 fully saturated rings. The number of carbonyl (C=O) groups excluding carboxylic acids is 1. The van der Waals surface area contributed by atoms with E-state index in [2.05, 4.69) is 26.3 Å². The molecule has 9 heteroatoms. The van der Waals surface area contributed by atoms with E-state index in [1.807, 2.05) is 24.3 Å². The molecule has 0 bridgehead atoms. The van der Waals surface area contributed by atoms with Crippen LogP contribution in [-0.2, 0) is 12.0 Å². The highest BCUT2D eigenvalue weighted by atomic mass is 35.5. The second kappa shape index (κ2) is 10.1. The molecule has 0 radical (unpaired) electrons. The van der Waals surface area contributed by atoms with E-state index in [9.17, 15) is 20.4 Å². The van der Waals surface area contributed by atoms with Crippen molar-refractivity contribution in [1.29, 1.82) is 10.5 Å². The first-order valence-corrected chi connectivity index (χ1v) is 11.5. The molecule has 1 saturated heterocycles. The number of hydrogen-bond acceptors (Lipinski definition) is 7. The summed E-state index contributed by atoms with van der Waals surface area (Å²) >= 11 is 6.39. The highest BCUT2D eigenvalue weighted by Gasteiger charge is 2.37. The van der Waals surface area contributed by atoms with Gasteiger partial charge in [-0.25, -0.2) is 4.98 Å². The van der Waals surface area contributed by atoms with Gasteiger partial charge in [-0.1, -0.05) is 17.7 Å². The van der Waals surface area contributed by atoms with Gasteiger partial charge in [0, 0.05) is 32.0 Å². The summed E-state index contributed by atoms with van der Waals surface area (Å²) in [5.41, 5.74) is 1.85. The van der Waals surface area contributed by atoms with E-state index in [-0.39, 0.29) is 27.7 Å². The number of amides is 1. The van der Waals surface area contributed by atoms with Crippen molar-refractivity contribution in [2.75, 3.05) is 18.4 Å². The number of benzene rings is 1. The number of phenols is 1. The second-order valence-corrected chi connectivity index (χ2v) is 8.90. The predicted octanol–water partition coefficient (Wildman–Crippen LogP) is 4.33. The number of phenolic OH excluding ortho intramolecular Hbond substituents is 1. The van der Waals surface area contributed by atoms with Crippen LogP contribution in [0.1, 0.15) is 45.6 Å². The Bertz CT molecular complexity index is 1340. The minimum Gasteiger partial charge on any atom is -0.506 e. The molecule has 3 aromatic rings. The highest BCUT2D eigenvalue weighted by Crippen LogP contribution is 2.37. The molecule has 0 spiro atoms. The van der Waals surface area contributed by atoms with Gasteiger partial charge in [0.25, 0.3) is 5.91 Å². The molecule has 1 amide bonds. The molecule has 3 heterocycles. The number of anilines is 1. The summed E-state index contributed by atoms with van der Waals surface area (Å²) in [6.45, 7) is 3.64. The van der Waals surface area contributed by atoms with E-state index in [1.165, 1.54) is 6.20 Å². The number of pyridine rings is 2. The zero-order valence-corrected chi connectivity index (χ0v) is 19.9. The van der Waals surface area contributed by atoms with E-state index in [1.54, 1.807) is 31.3 Å². The van der Waals surface area contributed by atoms with E-state index in [0.717, 1.165) is 11.3 Å². The van der Waals surface area contributed by atoms with Gasteiger partial charge in [0.1, 0.15) is 17.2 Å². The van der Waals surface area contributed by atoms with Gasteiger partial charge < -0.3 is 10.4 Å². The molecular weight excluding hydrogens is 464 g/mol. The van der Waals surface area contributed by atoms with Crippen LogP contribution in [0.15, 0.2) is 48.8 Å². The zero-order valence-electron chi connectivity index (χ0n) is 19.1. The number of aromatic nitrogens is 2. The van der Waals surface area contributed by atoms with Crippen molar-refractivity contribution in [3.63, 3.8) is 0 Å². The summed E-state index contributed by atoms with van der Waals surface area (Å²) in [6.07, 6.45) is 4.44. The second-order valence-electron chi connectivity index (χ2n) is 8.52. The van der Waals surface area contributed by atoms with Gasteiger partial charge in [-0.05, 0) is 61.2 Å². The lowest BCUT2D eigenvalue weighted by Crippen LogP contribution is -2.42. The standard InChI is InChI=1S/C26H23ClN6O2/c1-17-19(15-33-11-7-26(16-29,8-12-33)21-6-2-3-9-30-21)13-20(23(34)22(17)27)25(35)32-24-18(14-28)5-4-10-31-24/h2-6,9-10,13,34H,7-8,11-12,15H2,1H3,(H,31,32,35). The lowest BCUT2D eigenvalue weighted by Gasteiger charge is -2.37. The van der Waals surface area contributed by atoms with Gasteiger partial charge in [-0.2, -0.15) is 10.5 Å². The van der Waals surface area contributed by atoms with E-state index < -0.39 is 11.3 Å². The van der Waals surface area contributed by atoms with Crippen molar-refractivity contribution in [3.05, 3.63) is 81.8 Å². The molecule has 1 aromatic carbocycles. The van der Waals surface area contributed by atoms with Crippen LogP contribution in [0.3, 0.4) is 0 Å². The predicted molar refractivity (Wildman–Crippen MR) is 131 cm³/mol. The van der Waals surface area contributed by atoms with Gasteiger partial charge in [0.15, 0.2) is 5.82 Å². The monoisotopic (exact) mass is 486 g/mol. The summed E-state index contributed by atoms with van der Waals surface area (Å²) < 4.78 is 0. The van der Waals surface area contributed by atoms with Gasteiger partial charge >= 0.3 is 0 Å². The Labute approximate surface area is 208 Å². The summed E-state index contributed by atoms with van der Waals surface area (Å²) in [7, 11) is 0. The maximum atomic E-state index is 13.0. The molecule has 1 aliphatic heterocycles. The molecule has 176 valence electrons. The lowest BCUT2D eigenvalue weighted by molar-refractivity contribution is 0.102. The average Bonchev–Trinajstić information content (AvgIpc) is 2.90. The van der Waals surface area contributed by atoms with Crippen LogP contribution >= 0.6 is 11.6 Å². The first-order chi connectivity index (χ1) is 16.9. The summed E-state index contributed by atoms with van der Waals surface area (Å²) in [5.74, 6) is -0.827. The first kappa shape index (κ1) is 24.2. The number of aromatic hydroxyl groups is 1. The van der Waals surface area contributed by atoms with Gasteiger partial charge in [0.05, 0.1) is 27.9 Å². The number of nitriles is 2. The fourth-order valence-electron chi connectivity index (χ4n) is 4.30. The fourth-order valence-corrected chi connectivity index (χ4v) is 4.52. The Morgan fingerprint density at radius 1 is 1.20 bits per heavy atom. The smallest absolute Gasteiger partial charge is 0.260 e. The van der Waals surface area contributed by atoms with E-state index in [4.69, 9.17) is 11.6 Å². The molecule has 2 aromatic heterocycles. The average molecular weight is 487 g/mol.